The van der Waals surface area contributed by atoms with Gasteiger partial charge in [0.05, 0.1) is 5.75 Å². The predicted molar refractivity (Wildman–Crippen MR) is 62.8 cm³/mol. The minimum atomic E-state index is -3.35. The molecule has 0 saturated carbocycles. The Bertz CT molecular complexity index is 469. The first-order chi connectivity index (χ1) is 7.43. The fourth-order valence-electron chi connectivity index (χ4n) is 1.32. The molecule has 5 nitrogen and oxygen atoms in total. The van der Waals surface area contributed by atoms with Gasteiger partial charge in [-0.2, -0.15) is 0 Å². The van der Waals surface area contributed by atoms with Crippen molar-refractivity contribution in [2.45, 2.75) is 25.6 Å². The summed E-state index contributed by atoms with van der Waals surface area (Å²) in [6.07, 6.45) is 0. The lowest BCUT2D eigenvalue weighted by atomic mass is 10.2. The minimum absolute atomic E-state index is 0.141. The van der Waals surface area contributed by atoms with Gasteiger partial charge in [0.25, 0.3) is 0 Å². The summed E-state index contributed by atoms with van der Waals surface area (Å²) in [6.45, 7) is 3.50. The second kappa shape index (κ2) is 5.18. The molecule has 88 valence electrons. The van der Waals surface area contributed by atoms with E-state index < -0.39 is 10.0 Å². The molecule has 16 heavy (non-hydrogen) atoms. The highest BCUT2D eigenvalue weighted by atomic mass is 32.2. The maximum absolute atomic E-state index is 11.6. The van der Waals surface area contributed by atoms with Crippen molar-refractivity contribution in [2.24, 2.45) is 5.18 Å². The van der Waals surface area contributed by atoms with Crippen molar-refractivity contribution in [1.82, 2.24) is 4.72 Å². The number of sulfonamides is 1. The molecular formula is C10H14N2O3S. The number of benzene rings is 1. The van der Waals surface area contributed by atoms with Crippen molar-refractivity contribution in [1.29, 1.82) is 0 Å². The summed E-state index contributed by atoms with van der Waals surface area (Å²) in [7, 11) is -3.35. The van der Waals surface area contributed by atoms with Crippen LogP contribution in [0.15, 0.2) is 29.4 Å². The van der Waals surface area contributed by atoms with Crippen LogP contribution >= 0.6 is 0 Å². The predicted octanol–water partition coefficient (Wildman–Crippen LogP) is 1.91. The molecular weight excluding hydrogens is 228 g/mol. The van der Waals surface area contributed by atoms with Crippen molar-refractivity contribution in [3.63, 3.8) is 0 Å². The lowest BCUT2D eigenvalue weighted by Crippen LogP contribution is -2.31. The van der Waals surface area contributed by atoms with Gasteiger partial charge in [0.15, 0.2) is 0 Å². The van der Waals surface area contributed by atoms with Gasteiger partial charge in [-0.05, 0) is 36.7 Å². The largest absolute Gasteiger partial charge is 0.216 e. The van der Waals surface area contributed by atoms with Crippen LogP contribution in [0.4, 0.5) is 5.69 Å². The molecule has 0 bridgehead atoms. The molecule has 6 heteroatoms. The number of hydrogen-bond acceptors (Lipinski definition) is 4. The van der Waals surface area contributed by atoms with Crippen LogP contribution in [0.3, 0.4) is 0 Å². The van der Waals surface area contributed by atoms with Crippen LogP contribution in [0.1, 0.15) is 19.4 Å². The Morgan fingerprint density at radius 2 is 2.06 bits per heavy atom. The number of nitroso groups, excluding NO2 is 1. The van der Waals surface area contributed by atoms with Crippen LogP contribution < -0.4 is 4.72 Å². The standard InChI is InChI=1S/C10H14N2O3S/c1-8(2)12-16(14,15)7-9-4-3-5-10(6-9)11-13/h3-6,8,12H,7H2,1-2H3. The van der Waals surface area contributed by atoms with E-state index in [2.05, 4.69) is 9.90 Å². The van der Waals surface area contributed by atoms with Gasteiger partial charge in [-0.15, -0.1) is 4.91 Å². The van der Waals surface area contributed by atoms with E-state index >= 15 is 0 Å². The zero-order valence-electron chi connectivity index (χ0n) is 9.17. The van der Waals surface area contributed by atoms with Crippen molar-refractivity contribution in [2.75, 3.05) is 0 Å². The SMILES string of the molecule is CC(C)NS(=O)(=O)Cc1cccc(N=O)c1. The lowest BCUT2D eigenvalue weighted by Gasteiger charge is -2.09. The zero-order valence-corrected chi connectivity index (χ0v) is 9.99. The maximum Gasteiger partial charge on any atom is 0.216 e. The van der Waals surface area contributed by atoms with Crippen LogP contribution in [-0.2, 0) is 15.8 Å². The molecule has 1 aromatic carbocycles. The third-order valence-electron chi connectivity index (χ3n) is 1.79. The molecule has 0 aromatic heterocycles. The number of nitrogens with zero attached hydrogens (tertiary/aromatic N) is 1. The normalized spacial score (nSPS) is 11.7. The molecule has 1 N–H and O–H groups in total. The monoisotopic (exact) mass is 242 g/mol. The number of rotatable bonds is 5. The van der Waals surface area contributed by atoms with E-state index in [0.717, 1.165) is 0 Å². The quantitative estimate of drug-likeness (QED) is 0.801. The minimum Gasteiger partial charge on any atom is -0.212 e. The molecule has 1 rings (SSSR count). The van der Waals surface area contributed by atoms with Crippen LogP contribution in [0.2, 0.25) is 0 Å². The van der Waals surface area contributed by atoms with E-state index in [1.165, 1.54) is 12.1 Å². The molecule has 0 unspecified atom stereocenters. The first-order valence-corrected chi connectivity index (χ1v) is 6.50. The molecule has 0 fully saturated rings. The smallest absolute Gasteiger partial charge is 0.212 e. The van der Waals surface area contributed by atoms with Crippen molar-refractivity contribution in [3.8, 4) is 0 Å². The Morgan fingerprint density at radius 3 is 2.62 bits per heavy atom. The number of hydrogen-bond donors (Lipinski definition) is 1. The molecule has 0 aliphatic carbocycles. The fourth-order valence-corrected chi connectivity index (χ4v) is 2.74. The average molecular weight is 242 g/mol. The van der Waals surface area contributed by atoms with E-state index in [0.29, 0.717) is 5.56 Å². The lowest BCUT2D eigenvalue weighted by molar-refractivity contribution is 0.569. The molecule has 0 aliphatic rings. The molecule has 0 aliphatic heterocycles. The zero-order chi connectivity index (χ0) is 12.2. The highest BCUT2D eigenvalue weighted by Gasteiger charge is 2.12. The molecule has 0 spiro atoms. The number of nitrogens with one attached hydrogen (secondary N) is 1. The van der Waals surface area contributed by atoms with Gasteiger partial charge in [0, 0.05) is 6.04 Å². The van der Waals surface area contributed by atoms with Gasteiger partial charge in [0.2, 0.25) is 10.0 Å². The van der Waals surface area contributed by atoms with E-state index in [1.807, 2.05) is 0 Å². The van der Waals surface area contributed by atoms with Gasteiger partial charge in [-0.3, -0.25) is 0 Å². The van der Waals surface area contributed by atoms with Crippen LogP contribution in [0.25, 0.3) is 0 Å². The van der Waals surface area contributed by atoms with Gasteiger partial charge < -0.3 is 0 Å². The third-order valence-corrected chi connectivity index (χ3v) is 3.33. The Balaban J connectivity index is 2.83. The van der Waals surface area contributed by atoms with Gasteiger partial charge in [-0.1, -0.05) is 12.1 Å². The third kappa shape index (κ3) is 4.08. The van der Waals surface area contributed by atoms with Crippen LogP contribution in [0, 0.1) is 4.91 Å². The van der Waals surface area contributed by atoms with E-state index in [9.17, 15) is 13.3 Å². The molecule has 0 radical (unpaired) electrons. The van der Waals surface area contributed by atoms with E-state index in [4.69, 9.17) is 0 Å². The van der Waals surface area contributed by atoms with Crippen molar-refractivity contribution < 1.29 is 8.42 Å². The molecule has 0 saturated heterocycles. The molecule has 0 atom stereocenters. The Morgan fingerprint density at radius 1 is 1.38 bits per heavy atom. The Kier molecular flexibility index (Phi) is 4.14. The van der Waals surface area contributed by atoms with Crippen LogP contribution in [-0.4, -0.2) is 14.5 Å². The second-order valence-electron chi connectivity index (χ2n) is 3.79. The van der Waals surface area contributed by atoms with E-state index in [1.54, 1.807) is 26.0 Å². The molecule has 0 heterocycles. The molecule has 1 aromatic rings. The van der Waals surface area contributed by atoms with Crippen LogP contribution in [0.5, 0.6) is 0 Å². The summed E-state index contributed by atoms with van der Waals surface area (Å²) in [4.78, 5) is 10.3. The average Bonchev–Trinajstić information content (AvgIpc) is 2.15. The fraction of sp³-hybridized carbons (Fsp3) is 0.400. The first kappa shape index (κ1) is 12.8. The maximum atomic E-state index is 11.6. The summed E-state index contributed by atoms with van der Waals surface area (Å²) >= 11 is 0. The summed E-state index contributed by atoms with van der Waals surface area (Å²) in [6, 6.07) is 6.11. The topological polar surface area (TPSA) is 75.6 Å². The van der Waals surface area contributed by atoms with Gasteiger partial charge >= 0.3 is 0 Å². The van der Waals surface area contributed by atoms with Crippen molar-refractivity contribution >= 4 is 15.7 Å². The summed E-state index contributed by atoms with van der Waals surface area (Å²) in [5, 5.41) is 2.76. The second-order valence-corrected chi connectivity index (χ2v) is 5.55. The Labute approximate surface area is 94.9 Å². The summed E-state index contributed by atoms with van der Waals surface area (Å²) < 4.78 is 25.6. The summed E-state index contributed by atoms with van der Waals surface area (Å²) in [5.41, 5.74) is 0.780. The van der Waals surface area contributed by atoms with Gasteiger partial charge in [-0.25, -0.2) is 13.1 Å². The van der Waals surface area contributed by atoms with Gasteiger partial charge in [0.1, 0.15) is 5.69 Å². The highest BCUT2D eigenvalue weighted by molar-refractivity contribution is 7.88. The van der Waals surface area contributed by atoms with E-state index in [-0.39, 0.29) is 17.5 Å². The highest BCUT2D eigenvalue weighted by Crippen LogP contribution is 2.15. The first-order valence-electron chi connectivity index (χ1n) is 4.85. The molecule has 0 amide bonds. The van der Waals surface area contributed by atoms with Crippen molar-refractivity contribution in [3.05, 3.63) is 34.7 Å². The Hall–Kier alpha value is -1.27. The summed E-state index contributed by atoms with van der Waals surface area (Å²) in [5.74, 6) is -0.144.